The quantitative estimate of drug-likeness (QED) is 0.804. The third-order valence-electron chi connectivity index (χ3n) is 4.28. The largest absolute Gasteiger partial charge is 0.342 e. The van der Waals surface area contributed by atoms with E-state index in [1.807, 2.05) is 29.3 Å². The number of hydrogen-bond acceptors (Lipinski definition) is 3. The fourth-order valence-corrected chi connectivity index (χ4v) is 3.16. The second-order valence-corrected chi connectivity index (χ2v) is 6.20. The lowest BCUT2D eigenvalue weighted by atomic mass is 9.96. The van der Waals surface area contributed by atoms with Crippen LogP contribution in [0.3, 0.4) is 0 Å². The van der Waals surface area contributed by atoms with E-state index in [1.54, 1.807) is 0 Å². The minimum atomic E-state index is 0.158. The van der Waals surface area contributed by atoms with Crippen LogP contribution in [0.1, 0.15) is 26.0 Å². The van der Waals surface area contributed by atoms with E-state index in [1.165, 1.54) is 0 Å². The van der Waals surface area contributed by atoms with Gasteiger partial charge in [-0.1, -0.05) is 19.9 Å². The average Bonchev–Trinajstić information content (AvgIpc) is 2.82. The highest BCUT2D eigenvalue weighted by atomic mass is 16.2. The van der Waals surface area contributed by atoms with Gasteiger partial charge in [-0.3, -0.25) is 9.78 Å². The summed E-state index contributed by atoms with van der Waals surface area (Å²) in [5.41, 5.74) is 1.06. The van der Waals surface area contributed by atoms with E-state index < -0.39 is 0 Å². The molecule has 1 amide bonds. The molecular formula is C17H27N3O. The molecule has 0 aromatic carbocycles. The summed E-state index contributed by atoms with van der Waals surface area (Å²) >= 11 is 0. The van der Waals surface area contributed by atoms with Gasteiger partial charge in [0.25, 0.3) is 0 Å². The molecule has 1 aromatic heterocycles. The molecule has 0 aliphatic carbocycles. The second-order valence-electron chi connectivity index (χ2n) is 6.20. The lowest BCUT2D eigenvalue weighted by Crippen LogP contribution is -2.40. The van der Waals surface area contributed by atoms with E-state index in [9.17, 15) is 4.79 Å². The Morgan fingerprint density at radius 1 is 1.38 bits per heavy atom. The van der Waals surface area contributed by atoms with Gasteiger partial charge in [0, 0.05) is 44.5 Å². The number of likely N-dealkylation sites (tertiary alicyclic amines) is 1. The Morgan fingerprint density at radius 2 is 2.19 bits per heavy atom. The van der Waals surface area contributed by atoms with E-state index in [0.29, 0.717) is 11.8 Å². The van der Waals surface area contributed by atoms with Crippen LogP contribution < -0.4 is 0 Å². The fourth-order valence-electron chi connectivity index (χ4n) is 3.16. The number of aromatic nitrogens is 1. The fraction of sp³-hybridized carbons (Fsp3) is 0.647. The maximum atomic E-state index is 12.8. The lowest BCUT2D eigenvalue weighted by Gasteiger charge is -2.26. The normalized spacial score (nSPS) is 22.4. The van der Waals surface area contributed by atoms with Crippen molar-refractivity contribution >= 4 is 5.91 Å². The Kier molecular flexibility index (Phi) is 5.74. The van der Waals surface area contributed by atoms with Crippen LogP contribution in [0.25, 0.3) is 0 Å². The van der Waals surface area contributed by atoms with Crippen LogP contribution in [-0.2, 0) is 11.2 Å². The Hall–Kier alpha value is -1.42. The molecule has 1 fully saturated rings. The molecular weight excluding hydrogens is 262 g/mol. The SMILES string of the molecule is CCCN(CCc1ccccn1)C(=O)[C@H]1CN(C)C[C@H]1C. The van der Waals surface area contributed by atoms with Gasteiger partial charge in [-0.2, -0.15) is 0 Å². The standard InChI is InChI=1S/C17H27N3O/c1-4-10-20(11-8-15-7-5-6-9-18-15)17(21)16-13-19(3)12-14(16)2/h5-7,9,14,16H,4,8,10-13H2,1-3H3/t14-,16+/m1/s1. The summed E-state index contributed by atoms with van der Waals surface area (Å²) in [7, 11) is 2.10. The van der Waals surface area contributed by atoms with E-state index in [-0.39, 0.29) is 5.92 Å². The molecule has 1 aliphatic rings. The van der Waals surface area contributed by atoms with Crippen molar-refractivity contribution in [2.45, 2.75) is 26.7 Å². The first-order valence-corrected chi connectivity index (χ1v) is 7.99. The van der Waals surface area contributed by atoms with Crippen LogP contribution >= 0.6 is 0 Å². The van der Waals surface area contributed by atoms with Crippen LogP contribution in [0, 0.1) is 11.8 Å². The molecule has 1 aromatic rings. The van der Waals surface area contributed by atoms with Crippen LogP contribution in [0.2, 0.25) is 0 Å². The Morgan fingerprint density at radius 3 is 2.76 bits per heavy atom. The highest BCUT2D eigenvalue weighted by Crippen LogP contribution is 2.23. The number of rotatable bonds is 6. The van der Waals surface area contributed by atoms with Gasteiger partial charge < -0.3 is 9.80 Å². The molecule has 0 bridgehead atoms. The Bertz CT molecular complexity index is 449. The third kappa shape index (κ3) is 4.27. The molecule has 2 rings (SSSR count). The van der Waals surface area contributed by atoms with Gasteiger partial charge in [0.1, 0.15) is 0 Å². The van der Waals surface area contributed by atoms with Gasteiger partial charge >= 0.3 is 0 Å². The van der Waals surface area contributed by atoms with E-state index >= 15 is 0 Å². The topological polar surface area (TPSA) is 36.4 Å². The van der Waals surface area contributed by atoms with Crippen LogP contribution in [0.15, 0.2) is 24.4 Å². The van der Waals surface area contributed by atoms with Crippen molar-refractivity contribution in [2.24, 2.45) is 11.8 Å². The van der Waals surface area contributed by atoms with Crippen molar-refractivity contribution in [1.29, 1.82) is 0 Å². The molecule has 1 aliphatic heterocycles. The molecule has 0 saturated carbocycles. The molecule has 0 spiro atoms. The minimum absolute atomic E-state index is 0.158. The molecule has 4 nitrogen and oxygen atoms in total. The lowest BCUT2D eigenvalue weighted by molar-refractivity contribution is -0.136. The average molecular weight is 289 g/mol. The molecule has 2 heterocycles. The first kappa shape index (κ1) is 16.0. The summed E-state index contributed by atoms with van der Waals surface area (Å²) in [6.45, 7) is 7.86. The van der Waals surface area contributed by atoms with E-state index in [2.05, 4.69) is 30.8 Å². The Labute approximate surface area is 128 Å². The zero-order valence-electron chi connectivity index (χ0n) is 13.5. The monoisotopic (exact) mass is 289 g/mol. The molecule has 21 heavy (non-hydrogen) atoms. The first-order valence-electron chi connectivity index (χ1n) is 7.99. The first-order chi connectivity index (χ1) is 10.1. The summed E-state index contributed by atoms with van der Waals surface area (Å²) < 4.78 is 0. The van der Waals surface area contributed by atoms with E-state index in [0.717, 1.165) is 44.7 Å². The van der Waals surface area contributed by atoms with Crippen LogP contribution in [-0.4, -0.2) is 53.9 Å². The van der Waals surface area contributed by atoms with Crippen molar-refractivity contribution < 1.29 is 4.79 Å². The predicted octanol–water partition coefficient (Wildman–Crippen LogP) is 2.06. The van der Waals surface area contributed by atoms with Crippen molar-refractivity contribution in [3.05, 3.63) is 30.1 Å². The predicted molar refractivity (Wildman–Crippen MR) is 85.0 cm³/mol. The Balaban J connectivity index is 1.96. The van der Waals surface area contributed by atoms with Crippen LogP contribution in [0.4, 0.5) is 0 Å². The summed E-state index contributed by atoms with van der Waals surface area (Å²) in [6, 6.07) is 5.96. The second kappa shape index (κ2) is 7.55. The summed E-state index contributed by atoms with van der Waals surface area (Å²) in [5, 5.41) is 0. The molecule has 2 atom stereocenters. The maximum Gasteiger partial charge on any atom is 0.227 e. The van der Waals surface area contributed by atoms with Gasteiger partial charge in [0.05, 0.1) is 5.92 Å². The van der Waals surface area contributed by atoms with Gasteiger partial charge in [-0.15, -0.1) is 0 Å². The zero-order valence-corrected chi connectivity index (χ0v) is 13.5. The molecule has 0 unspecified atom stereocenters. The van der Waals surface area contributed by atoms with Crippen molar-refractivity contribution in [2.75, 3.05) is 33.2 Å². The number of pyridine rings is 1. The third-order valence-corrected chi connectivity index (χ3v) is 4.28. The van der Waals surface area contributed by atoms with Crippen molar-refractivity contribution in [1.82, 2.24) is 14.8 Å². The number of hydrogen-bond donors (Lipinski definition) is 0. The van der Waals surface area contributed by atoms with Gasteiger partial charge in [-0.05, 0) is 31.5 Å². The van der Waals surface area contributed by atoms with Crippen molar-refractivity contribution in [3.63, 3.8) is 0 Å². The van der Waals surface area contributed by atoms with Crippen LogP contribution in [0.5, 0.6) is 0 Å². The number of carbonyl (C=O) groups excluding carboxylic acids is 1. The van der Waals surface area contributed by atoms with Gasteiger partial charge in [-0.25, -0.2) is 0 Å². The van der Waals surface area contributed by atoms with Gasteiger partial charge in [0.15, 0.2) is 0 Å². The summed E-state index contributed by atoms with van der Waals surface area (Å²) in [6.07, 6.45) is 3.66. The summed E-state index contributed by atoms with van der Waals surface area (Å²) in [4.78, 5) is 21.4. The molecule has 0 radical (unpaired) electrons. The van der Waals surface area contributed by atoms with Gasteiger partial charge in [0.2, 0.25) is 5.91 Å². The molecule has 4 heteroatoms. The number of carbonyl (C=O) groups is 1. The minimum Gasteiger partial charge on any atom is -0.342 e. The smallest absolute Gasteiger partial charge is 0.227 e. The molecule has 0 N–H and O–H groups in total. The molecule has 1 saturated heterocycles. The maximum absolute atomic E-state index is 12.8. The zero-order chi connectivity index (χ0) is 15.2. The highest BCUT2D eigenvalue weighted by Gasteiger charge is 2.35. The van der Waals surface area contributed by atoms with E-state index in [4.69, 9.17) is 0 Å². The highest BCUT2D eigenvalue weighted by molar-refractivity contribution is 5.79. The molecule has 116 valence electrons. The van der Waals surface area contributed by atoms with Crippen molar-refractivity contribution in [3.8, 4) is 0 Å². The number of amides is 1. The number of nitrogens with zero attached hydrogens (tertiary/aromatic N) is 3. The summed E-state index contributed by atoms with van der Waals surface area (Å²) in [5.74, 6) is 0.937.